The summed E-state index contributed by atoms with van der Waals surface area (Å²) in [4.78, 5) is 24.8. The van der Waals surface area contributed by atoms with Crippen molar-refractivity contribution in [3.63, 3.8) is 0 Å². The van der Waals surface area contributed by atoms with Gasteiger partial charge in [-0.25, -0.2) is 4.98 Å². The first-order valence-corrected chi connectivity index (χ1v) is 9.98. The van der Waals surface area contributed by atoms with E-state index in [1.54, 1.807) is 6.20 Å². The molecule has 1 saturated heterocycles. The molecule has 1 aliphatic heterocycles. The van der Waals surface area contributed by atoms with E-state index in [2.05, 4.69) is 15.3 Å². The van der Waals surface area contributed by atoms with Crippen LogP contribution in [-0.2, 0) is 0 Å². The van der Waals surface area contributed by atoms with E-state index < -0.39 is 0 Å². The fourth-order valence-electron chi connectivity index (χ4n) is 3.26. The zero-order valence-electron chi connectivity index (χ0n) is 14.9. The molecule has 0 radical (unpaired) electrons. The number of pyridine rings is 1. The number of aromatic nitrogens is 2. The van der Waals surface area contributed by atoms with E-state index in [0.717, 1.165) is 34.9 Å². The average molecular weight is 399 g/mol. The predicted molar refractivity (Wildman–Crippen MR) is 108 cm³/mol. The van der Waals surface area contributed by atoms with Crippen LogP contribution in [0, 0.1) is 6.92 Å². The topological polar surface area (TPSA) is 58.1 Å². The Labute approximate surface area is 167 Å². The van der Waals surface area contributed by atoms with Crippen molar-refractivity contribution in [3.8, 4) is 10.6 Å². The zero-order chi connectivity index (χ0) is 18.8. The summed E-state index contributed by atoms with van der Waals surface area (Å²) in [6.07, 6.45) is 3.58. The van der Waals surface area contributed by atoms with Crippen LogP contribution >= 0.6 is 22.9 Å². The molecule has 1 aromatic carbocycles. The number of nitrogens with one attached hydrogen (secondary N) is 1. The lowest BCUT2D eigenvalue weighted by atomic mass is 10.0. The molecular weight excluding hydrogens is 380 g/mol. The number of rotatable bonds is 3. The van der Waals surface area contributed by atoms with E-state index in [0.29, 0.717) is 16.4 Å². The van der Waals surface area contributed by atoms with E-state index in [4.69, 9.17) is 11.6 Å². The van der Waals surface area contributed by atoms with Gasteiger partial charge in [0.15, 0.2) is 0 Å². The van der Waals surface area contributed by atoms with Gasteiger partial charge in [-0.2, -0.15) is 0 Å². The molecule has 7 heteroatoms. The predicted octanol–water partition coefficient (Wildman–Crippen LogP) is 3.95. The van der Waals surface area contributed by atoms with E-state index >= 15 is 0 Å². The van der Waals surface area contributed by atoms with Crippen molar-refractivity contribution in [1.82, 2.24) is 20.2 Å². The number of carbonyl (C=O) groups is 1. The molecule has 1 amide bonds. The highest BCUT2D eigenvalue weighted by atomic mass is 35.5. The number of hydrogen-bond donors (Lipinski definition) is 1. The van der Waals surface area contributed by atoms with Gasteiger partial charge < -0.3 is 10.2 Å². The third-order valence-electron chi connectivity index (χ3n) is 4.66. The maximum Gasteiger partial charge on any atom is 0.266 e. The van der Waals surface area contributed by atoms with Crippen LogP contribution in [0.15, 0.2) is 48.8 Å². The van der Waals surface area contributed by atoms with Gasteiger partial charge in [-0.1, -0.05) is 29.8 Å². The van der Waals surface area contributed by atoms with Crippen molar-refractivity contribution in [2.45, 2.75) is 13.0 Å². The molecule has 27 heavy (non-hydrogen) atoms. The fraction of sp³-hybridized carbons (Fsp3) is 0.250. The number of halogens is 1. The molecule has 5 nitrogen and oxygen atoms in total. The van der Waals surface area contributed by atoms with Crippen LogP contribution in [0.4, 0.5) is 0 Å². The van der Waals surface area contributed by atoms with Gasteiger partial charge in [0.2, 0.25) is 0 Å². The first-order chi connectivity index (χ1) is 13.1. The Balaban J connectivity index is 1.64. The maximum absolute atomic E-state index is 13.3. The molecule has 138 valence electrons. The van der Waals surface area contributed by atoms with E-state index in [-0.39, 0.29) is 11.9 Å². The molecule has 1 atom stereocenters. The summed E-state index contributed by atoms with van der Waals surface area (Å²) in [5.41, 5.74) is 2.77. The Morgan fingerprint density at radius 1 is 1.30 bits per heavy atom. The lowest BCUT2D eigenvalue weighted by Gasteiger charge is -2.36. The highest BCUT2D eigenvalue weighted by Crippen LogP contribution is 2.32. The summed E-state index contributed by atoms with van der Waals surface area (Å²) in [5, 5.41) is 4.89. The molecule has 0 aliphatic carbocycles. The maximum atomic E-state index is 13.3. The Morgan fingerprint density at radius 2 is 2.11 bits per heavy atom. The van der Waals surface area contributed by atoms with Crippen molar-refractivity contribution in [2.24, 2.45) is 0 Å². The molecule has 0 saturated carbocycles. The second-order valence-electron chi connectivity index (χ2n) is 6.45. The molecule has 4 rings (SSSR count). The number of piperazine rings is 1. The molecule has 0 bridgehead atoms. The average Bonchev–Trinajstić information content (AvgIpc) is 3.10. The van der Waals surface area contributed by atoms with Gasteiger partial charge in [0, 0.05) is 42.6 Å². The number of hydrogen-bond acceptors (Lipinski definition) is 5. The standard InChI is InChI=1S/C20H19ClN4OS/c1-13-18(27-19(24-13)14-4-6-16(21)7-5-14)20(26)25-10-9-23-12-17(25)15-3-2-8-22-11-15/h2-8,11,17,23H,9-10,12H2,1H3. The summed E-state index contributed by atoms with van der Waals surface area (Å²) in [5.74, 6) is 0.0283. The van der Waals surface area contributed by atoms with Crippen LogP contribution in [0.2, 0.25) is 5.02 Å². The highest BCUT2D eigenvalue weighted by molar-refractivity contribution is 7.17. The number of thiazole rings is 1. The quantitative estimate of drug-likeness (QED) is 0.725. The lowest BCUT2D eigenvalue weighted by molar-refractivity contribution is 0.0638. The number of amides is 1. The summed E-state index contributed by atoms with van der Waals surface area (Å²) in [7, 11) is 0. The molecule has 1 unspecified atom stereocenters. The van der Waals surface area contributed by atoms with Gasteiger partial charge in [0.1, 0.15) is 9.88 Å². The third kappa shape index (κ3) is 3.74. The first-order valence-electron chi connectivity index (χ1n) is 8.78. The number of nitrogens with zero attached hydrogens (tertiary/aromatic N) is 3. The van der Waals surface area contributed by atoms with E-state index in [1.165, 1.54) is 11.3 Å². The van der Waals surface area contributed by atoms with E-state index in [9.17, 15) is 4.79 Å². The lowest BCUT2D eigenvalue weighted by Crippen LogP contribution is -2.48. The number of carbonyl (C=O) groups excluding carboxylic acids is 1. The Kier molecular flexibility index (Phi) is 5.20. The summed E-state index contributed by atoms with van der Waals surface area (Å²) in [6.45, 7) is 4.06. The van der Waals surface area contributed by atoms with Crippen LogP contribution in [-0.4, -0.2) is 40.4 Å². The Bertz CT molecular complexity index is 942. The monoisotopic (exact) mass is 398 g/mol. The van der Waals surface area contributed by atoms with Gasteiger partial charge in [-0.3, -0.25) is 9.78 Å². The number of aryl methyl sites for hydroxylation is 1. The van der Waals surface area contributed by atoms with Gasteiger partial charge in [-0.15, -0.1) is 11.3 Å². The summed E-state index contributed by atoms with van der Waals surface area (Å²) < 4.78 is 0. The zero-order valence-corrected chi connectivity index (χ0v) is 16.4. The molecule has 1 fully saturated rings. The van der Waals surface area contributed by atoms with Crippen molar-refractivity contribution in [2.75, 3.05) is 19.6 Å². The Morgan fingerprint density at radius 3 is 2.85 bits per heavy atom. The van der Waals surface area contributed by atoms with Gasteiger partial charge in [0.25, 0.3) is 5.91 Å². The molecule has 1 aliphatic rings. The molecule has 0 spiro atoms. The number of benzene rings is 1. The van der Waals surface area contributed by atoms with Gasteiger partial charge >= 0.3 is 0 Å². The van der Waals surface area contributed by atoms with Gasteiger partial charge in [-0.05, 0) is 30.7 Å². The largest absolute Gasteiger partial charge is 0.328 e. The van der Waals surface area contributed by atoms with Crippen LogP contribution in [0.5, 0.6) is 0 Å². The minimum absolute atomic E-state index is 0.0274. The third-order valence-corrected chi connectivity index (χ3v) is 6.10. The van der Waals surface area contributed by atoms with E-state index in [1.807, 2.05) is 54.4 Å². The van der Waals surface area contributed by atoms with Crippen LogP contribution < -0.4 is 5.32 Å². The molecular formula is C20H19ClN4OS. The second kappa shape index (κ2) is 7.76. The minimum atomic E-state index is -0.0274. The summed E-state index contributed by atoms with van der Waals surface area (Å²) >= 11 is 7.41. The second-order valence-corrected chi connectivity index (χ2v) is 7.88. The van der Waals surface area contributed by atoms with Gasteiger partial charge in [0.05, 0.1) is 11.7 Å². The first kappa shape index (κ1) is 18.1. The molecule has 2 aromatic heterocycles. The molecule has 3 aromatic rings. The van der Waals surface area contributed by atoms with Crippen molar-refractivity contribution >= 4 is 28.8 Å². The highest BCUT2D eigenvalue weighted by Gasteiger charge is 2.31. The minimum Gasteiger partial charge on any atom is -0.328 e. The SMILES string of the molecule is Cc1nc(-c2ccc(Cl)cc2)sc1C(=O)N1CCNCC1c1cccnc1. The van der Waals surface area contributed by atoms with Crippen molar-refractivity contribution < 1.29 is 4.79 Å². The Hall–Kier alpha value is -2.28. The normalized spacial score (nSPS) is 17.1. The van der Waals surface area contributed by atoms with Crippen LogP contribution in [0.3, 0.4) is 0 Å². The van der Waals surface area contributed by atoms with Crippen LogP contribution in [0.25, 0.3) is 10.6 Å². The summed E-state index contributed by atoms with van der Waals surface area (Å²) in [6, 6.07) is 11.4. The van der Waals surface area contributed by atoms with Crippen molar-refractivity contribution in [3.05, 3.63) is 69.9 Å². The fourth-order valence-corrected chi connectivity index (χ4v) is 4.41. The smallest absolute Gasteiger partial charge is 0.266 e. The molecule has 3 heterocycles. The molecule has 1 N–H and O–H groups in total. The van der Waals surface area contributed by atoms with Crippen molar-refractivity contribution in [1.29, 1.82) is 0 Å². The van der Waals surface area contributed by atoms with Crippen LogP contribution in [0.1, 0.15) is 27.0 Å².